The molecule has 0 saturated carbocycles. The summed E-state index contributed by atoms with van der Waals surface area (Å²) in [6, 6.07) is 11.4. The van der Waals surface area contributed by atoms with Crippen molar-refractivity contribution in [1.29, 1.82) is 10.5 Å². The molecule has 0 saturated heterocycles. The lowest BCUT2D eigenvalue weighted by Crippen LogP contribution is -2.18. The maximum absolute atomic E-state index is 9.87. The van der Waals surface area contributed by atoms with Gasteiger partial charge in [0, 0.05) is 30.8 Å². The maximum atomic E-state index is 9.87. The molecule has 9 heteroatoms. The molecular formula is C22H20N6O2S. The zero-order chi connectivity index (χ0) is 22.2. The molecular weight excluding hydrogens is 412 g/mol. The number of anilines is 1. The Morgan fingerprint density at radius 2 is 1.97 bits per heavy atom. The zero-order valence-electron chi connectivity index (χ0n) is 17.1. The van der Waals surface area contributed by atoms with Crippen molar-refractivity contribution in [1.82, 2.24) is 15.0 Å². The Bertz CT molecular complexity index is 1120. The Kier molecular flexibility index (Phi) is 7.39. The van der Waals surface area contributed by atoms with E-state index in [1.807, 2.05) is 19.1 Å². The molecule has 0 aliphatic rings. The van der Waals surface area contributed by atoms with Crippen LogP contribution in [0, 0.1) is 22.7 Å². The van der Waals surface area contributed by atoms with Crippen LogP contribution in [0.25, 0.3) is 11.3 Å². The molecule has 0 radical (unpaired) electrons. The highest BCUT2D eigenvalue weighted by molar-refractivity contribution is 7.98. The van der Waals surface area contributed by atoms with Gasteiger partial charge in [0.25, 0.3) is 0 Å². The number of nitrogen functional groups attached to an aromatic ring is 1. The van der Waals surface area contributed by atoms with E-state index in [0.29, 0.717) is 34.4 Å². The monoisotopic (exact) mass is 432 g/mol. The number of ether oxygens (including phenoxy) is 2. The van der Waals surface area contributed by atoms with Crippen LogP contribution >= 0.6 is 11.8 Å². The Hall–Kier alpha value is -3.66. The van der Waals surface area contributed by atoms with Gasteiger partial charge in [-0.1, -0.05) is 6.07 Å². The summed E-state index contributed by atoms with van der Waals surface area (Å²) in [5.74, 6) is 1.16. The lowest BCUT2D eigenvalue weighted by molar-refractivity contribution is 0.0918. The largest absolute Gasteiger partial charge is 0.487 e. The quantitative estimate of drug-likeness (QED) is 0.531. The minimum atomic E-state index is -0.144. The van der Waals surface area contributed by atoms with Gasteiger partial charge in [0.05, 0.1) is 24.1 Å². The van der Waals surface area contributed by atoms with E-state index in [1.54, 1.807) is 37.8 Å². The van der Waals surface area contributed by atoms with Gasteiger partial charge in [-0.3, -0.25) is 9.97 Å². The smallest absolute Gasteiger partial charge is 0.143 e. The van der Waals surface area contributed by atoms with Gasteiger partial charge in [-0.2, -0.15) is 10.5 Å². The van der Waals surface area contributed by atoms with Gasteiger partial charge in [-0.15, -0.1) is 11.8 Å². The highest BCUT2D eigenvalue weighted by Gasteiger charge is 2.21. The second-order valence-electron chi connectivity index (χ2n) is 6.56. The predicted octanol–water partition coefficient (Wildman–Crippen LogP) is 3.57. The summed E-state index contributed by atoms with van der Waals surface area (Å²) in [5.41, 5.74) is 8.22. The molecule has 31 heavy (non-hydrogen) atoms. The second kappa shape index (κ2) is 10.4. The van der Waals surface area contributed by atoms with Crippen LogP contribution in [0.4, 0.5) is 5.82 Å². The fraction of sp³-hybridized carbons (Fsp3) is 0.227. The van der Waals surface area contributed by atoms with E-state index in [2.05, 4.69) is 27.1 Å². The number of hydrogen-bond acceptors (Lipinski definition) is 9. The number of nitriles is 2. The molecule has 0 bridgehead atoms. The lowest BCUT2D eigenvalue weighted by Gasteiger charge is -2.15. The van der Waals surface area contributed by atoms with Crippen molar-refractivity contribution < 1.29 is 9.47 Å². The first kappa shape index (κ1) is 22.0. The SMILES string of the molecule is COC[C@@H](C)Oc1ccc(-c2c(C#N)c(N)nc(SCc3cccnc3)c2C#N)nc1. The average molecular weight is 433 g/mol. The van der Waals surface area contributed by atoms with Crippen LogP contribution in [0.1, 0.15) is 23.6 Å². The van der Waals surface area contributed by atoms with E-state index in [1.165, 1.54) is 11.8 Å². The van der Waals surface area contributed by atoms with Crippen molar-refractivity contribution in [2.75, 3.05) is 19.5 Å². The first-order valence-electron chi connectivity index (χ1n) is 9.34. The lowest BCUT2D eigenvalue weighted by atomic mass is 10.0. The zero-order valence-corrected chi connectivity index (χ0v) is 17.9. The molecule has 3 aromatic heterocycles. The first-order valence-corrected chi connectivity index (χ1v) is 10.3. The molecule has 0 fully saturated rings. The molecule has 3 heterocycles. The number of hydrogen-bond donors (Lipinski definition) is 1. The van der Waals surface area contributed by atoms with Crippen molar-refractivity contribution >= 4 is 17.6 Å². The van der Waals surface area contributed by atoms with E-state index < -0.39 is 0 Å². The van der Waals surface area contributed by atoms with Crippen molar-refractivity contribution in [3.8, 4) is 29.1 Å². The second-order valence-corrected chi connectivity index (χ2v) is 7.53. The number of nitrogens with two attached hydrogens (primary N) is 1. The van der Waals surface area contributed by atoms with Crippen LogP contribution in [0.2, 0.25) is 0 Å². The summed E-state index contributed by atoms with van der Waals surface area (Å²) in [6.07, 6.45) is 4.84. The Balaban J connectivity index is 1.97. The Morgan fingerprint density at radius 1 is 1.16 bits per heavy atom. The number of nitrogens with zero attached hydrogens (tertiary/aromatic N) is 5. The summed E-state index contributed by atoms with van der Waals surface area (Å²) in [6.45, 7) is 2.33. The highest BCUT2D eigenvalue weighted by Crippen LogP contribution is 2.36. The molecule has 0 aliphatic heterocycles. The van der Waals surface area contributed by atoms with Crippen LogP contribution in [0.3, 0.4) is 0 Å². The first-order chi connectivity index (χ1) is 15.1. The van der Waals surface area contributed by atoms with Crippen molar-refractivity contribution in [3.05, 3.63) is 59.5 Å². The van der Waals surface area contributed by atoms with Crippen molar-refractivity contribution in [2.45, 2.75) is 23.8 Å². The number of thioether (sulfide) groups is 1. The summed E-state index contributed by atoms with van der Waals surface area (Å²) in [7, 11) is 1.60. The number of methoxy groups -OCH3 is 1. The summed E-state index contributed by atoms with van der Waals surface area (Å²) < 4.78 is 10.8. The van der Waals surface area contributed by atoms with Gasteiger partial charge < -0.3 is 15.2 Å². The molecule has 0 aliphatic carbocycles. The van der Waals surface area contributed by atoms with Crippen molar-refractivity contribution in [2.24, 2.45) is 0 Å². The van der Waals surface area contributed by atoms with Crippen LogP contribution in [0.15, 0.2) is 47.9 Å². The molecule has 0 amide bonds. The molecule has 3 aromatic rings. The van der Waals surface area contributed by atoms with E-state index in [4.69, 9.17) is 15.2 Å². The third-order valence-electron chi connectivity index (χ3n) is 4.25. The summed E-state index contributed by atoms with van der Waals surface area (Å²) >= 11 is 1.35. The van der Waals surface area contributed by atoms with E-state index in [0.717, 1.165) is 5.56 Å². The minimum absolute atomic E-state index is 0.0565. The number of pyridine rings is 3. The summed E-state index contributed by atoms with van der Waals surface area (Å²) in [5, 5.41) is 20.0. The summed E-state index contributed by atoms with van der Waals surface area (Å²) in [4.78, 5) is 12.8. The van der Waals surface area contributed by atoms with Crippen LogP contribution in [0.5, 0.6) is 5.75 Å². The minimum Gasteiger partial charge on any atom is -0.487 e. The average Bonchev–Trinajstić information content (AvgIpc) is 2.78. The Labute approximate surface area is 184 Å². The van der Waals surface area contributed by atoms with Gasteiger partial charge in [0.2, 0.25) is 0 Å². The third kappa shape index (κ3) is 5.28. The fourth-order valence-electron chi connectivity index (χ4n) is 2.89. The molecule has 2 N–H and O–H groups in total. The van der Waals surface area contributed by atoms with E-state index in [9.17, 15) is 10.5 Å². The normalized spacial score (nSPS) is 11.4. The predicted molar refractivity (Wildman–Crippen MR) is 117 cm³/mol. The van der Waals surface area contributed by atoms with Crippen LogP contribution < -0.4 is 10.5 Å². The van der Waals surface area contributed by atoms with Crippen LogP contribution in [-0.4, -0.2) is 34.8 Å². The van der Waals surface area contributed by atoms with E-state index in [-0.39, 0.29) is 23.0 Å². The number of rotatable bonds is 8. The Morgan fingerprint density at radius 3 is 2.58 bits per heavy atom. The van der Waals surface area contributed by atoms with Crippen LogP contribution in [-0.2, 0) is 10.5 Å². The van der Waals surface area contributed by atoms with Gasteiger partial charge in [0.15, 0.2) is 0 Å². The molecule has 0 spiro atoms. The molecule has 3 rings (SSSR count). The maximum Gasteiger partial charge on any atom is 0.143 e. The fourth-order valence-corrected chi connectivity index (χ4v) is 3.82. The standard InChI is InChI=1S/C22H20N6O2S/c1-14(12-29-2)30-16-5-6-19(27-11-16)20-17(8-23)21(25)28-22(18(20)9-24)31-13-15-4-3-7-26-10-15/h3-7,10-11,14H,12-13H2,1-2H3,(H2,25,28)/t14-/m1/s1. The van der Waals surface area contributed by atoms with Gasteiger partial charge in [-0.25, -0.2) is 4.98 Å². The molecule has 1 atom stereocenters. The highest BCUT2D eigenvalue weighted by atomic mass is 32.2. The van der Waals surface area contributed by atoms with Gasteiger partial charge in [-0.05, 0) is 30.7 Å². The van der Waals surface area contributed by atoms with Crippen molar-refractivity contribution in [3.63, 3.8) is 0 Å². The topological polar surface area (TPSA) is 131 Å². The van der Waals surface area contributed by atoms with Gasteiger partial charge in [0.1, 0.15) is 40.4 Å². The molecule has 8 nitrogen and oxygen atoms in total. The number of aromatic nitrogens is 3. The molecule has 0 unspecified atom stereocenters. The van der Waals surface area contributed by atoms with Gasteiger partial charge >= 0.3 is 0 Å². The molecule has 0 aromatic carbocycles. The van der Waals surface area contributed by atoms with E-state index >= 15 is 0 Å². The molecule has 156 valence electrons. The third-order valence-corrected chi connectivity index (χ3v) is 5.29.